The van der Waals surface area contributed by atoms with E-state index < -0.39 is 0 Å². The molecule has 0 aromatic heterocycles. The highest BCUT2D eigenvalue weighted by atomic mass is 35.5. The van der Waals surface area contributed by atoms with E-state index in [0.29, 0.717) is 23.0 Å². The van der Waals surface area contributed by atoms with Crippen molar-refractivity contribution in [2.45, 2.75) is 25.8 Å². The number of carbonyl (C=O) groups excluding carboxylic acids is 1. The van der Waals surface area contributed by atoms with E-state index in [1.807, 2.05) is 6.07 Å². The average Bonchev–Trinajstić information content (AvgIpc) is 2.72. The molecule has 1 saturated heterocycles. The van der Waals surface area contributed by atoms with Crippen LogP contribution in [0.25, 0.3) is 0 Å². The number of hydrogen-bond donors (Lipinski definition) is 1. The van der Waals surface area contributed by atoms with E-state index in [1.165, 1.54) is 5.56 Å². The molecule has 1 N–H and O–H groups in total. The average molecular weight is 434 g/mol. The van der Waals surface area contributed by atoms with E-state index >= 15 is 0 Å². The third-order valence-electron chi connectivity index (χ3n) is 5.29. The molecule has 29 heavy (non-hydrogen) atoms. The van der Waals surface area contributed by atoms with Crippen molar-refractivity contribution in [2.75, 3.05) is 39.3 Å². The van der Waals surface area contributed by atoms with Crippen LogP contribution in [0.3, 0.4) is 0 Å². The molecule has 4 nitrogen and oxygen atoms in total. The summed E-state index contributed by atoms with van der Waals surface area (Å²) in [4.78, 5) is 17.1. The number of carbonyl (C=O) groups is 1. The lowest BCUT2D eigenvalue weighted by atomic mass is 10.1. The molecule has 0 aliphatic carbocycles. The van der Waals surface area contributed by atoms with Crippen molar-refractivity contribution in [3.8, 4) is 0 Å². The van der Waals surface area contributed by atoms with Gasteiger partial charge in [0.15, 0.2) is 0 Å². The lowest BCUT2D eigenvalue weighted by Gasteiger charge is -2.34. The molecule has 3 rings (SSSR count). The first-order chi connectivity index (χ1) is 14.1. The number of unbranched alkanes of at least 4 members (excludes halogenated alkanes) is 1. The van der Waals surface area contributed by atoms with Crippen LogP contribution in [-0.4, -0.2) is 55.0 Å². The summed E-state index contributed by atoms with van der Waals surface area (Å²) in [6.45, 7) is 7.34. The third-order valence-corrected chi connectivity index (χ3v) is 6.02. The molecule has 0 atom stereocenters. The predicted molar refractivity (Wildman–Crippen MR) is 121 cm³/mol. The fourth-order valence-electron chi connectivity index (χ4n) is 3.60. The summed E-state index contributed by atoms with van der Waals surface area (Å²) in [7, 11) is 0. The van der Waals surface area contributed by atoms with Crippen LogP contribution in [0, 0.1) is 0 Å². The van der Waals surface area contributed by atoms with E-state index in [1.54, 1.807) is 12.1 Å². The Labute approximate surface area is 183 Å². The number of benzene rings is 2. The molecule has 0 unspecified atom stereocenters. The maximum absolute atomic E-state index is 12.1. The standard InChI is InChI=1S/C23H29Cl2N3O/c24-21-9-8-20(16-22(21)25)17-23(29)26-10-4-5-11-27-12-14-28(15-13-27)18-19-6-2-1-3-7-19/h1-3,6-9,16H,4-5,10-15,17-18H2,(H,26,29). The van der Waals surface area contributed by atoms with Gasteiger partial charge in [-0.3, -0.25) is 9.69 Å². The van der Waals surface area contributed by atoms with Crippen LogP contribution >= 0.6 is 23.2 Å². The van der Waals surface area contributed by atoms with Crippen molar-refractivity contribution in [2.24, 2.45) is 0 Å². The highest BCUT2D eigenvalue weighted by Gasteiger charge is 2.16. The van der Waals surface area contributed by atoms with Crippen LogP contribution in [0.4, 0.5) is 0 Å². The molecule has 1 aliphatic heterocycles. The number of nitrogens with zero attached hydrogens (tertiary/aromatic N) is 2. The Kier molecular flexibility index (Phi) is 8.81. The van der Waals surface area contributed by atoms with E-state index in [2.05, 4.69) is 45.4 Å². The molecule has 156 valence electrons. The molecule has 1 amide bonds. The van der Waals surface area contributed by atoms with Crippen molar-refractivity contribution in [1.82, 2.24) is 15.1 Å². The van der Waals surface area contributed by atoms with Crippen molar-refractivity contribution in [3.63, 3.8) is 0 Å². The SMILES string of the molecule is O=C(Cc1ccc(Cl)c(Cl)c1)NCCCCN1CCN(Cc2ccccc2)CC1. The molecule has 0 radical (unpaired) electrons. The minimum atomic E-state index is 0.0258. The zero-order chi connectivity index (χ0) is 20.5. The van der Waals surface area contributed by atoms with Crippen molar-refractivity contribution in [1.29, 1.82) is 0 Å². The molecule has 0 bridgehead atoms. The van der Waals surface area contributed by atoms with E-state index in [0.717, 1.165) is 57.7 Å². The Hall–Kier alpha value is -1.59. The fourth-order valence-corrected chi connectivity index (χ4v) is 3.92. The first-order valence-electron chi connectivity index (χ1n) is 10.3. The van der Waals surface area contributed by atoms with E-state index in [9.17, 15) is 4.79 Å². The van der Waals surface area contributed by atoms with Crippen LogP contribution in [0.15, 0.2) is 48.5 Å². The van der Waals surface area contributed by atoms with Gasteiger partial charge in [0.1, 0.15) is 0 Å². The number of rotatable bonds is 9. The van der Waals surface area contributed by atoms with Crippen LogP contribution in [0.2, 0.25) is 10.0 Å². The molecule has 2 aromatic carbocycles. The number of nitrogens with one attached hydrogen (secondary N) is 1. The first kappa shape index (κ1) is 22.1. The summed E-state index contributed by atoms with van der Waals surface area (Å²) in [5.74, 6) is 0.0258. The van der Waals surface area contributed by atoms with Gasteiger partial charge < -0.3 is 10.2 Å². The molecule has 1 fully saturated rings. The molecule has 0 saturated carbocycles. The van der Waals surface area contributed by atoms with Crippen LogP contribution in [-0.2, 0) is 17.8 Å². The smallest absolute Gasteiger partial charge is 0.224 e. The predicted octanol–water partition coefficient (Wildman–Crippen LogP) is 4.25. The Morgan fingerprint density at radius 1 is 0.862 bits per heavy atom. The number of hydrogen-bond acceptors (Lipinski definition) is 3. The Balaban J connectivity index is 1.24. The maximum Gasteiger partial charge on any atom is 0.224 e. The molecule has 0 spiro atoms. The molecule has 1 aliphatic rings. The summed E-state index contributed by atoms with van der Waals surface area (Å²) < 4.78 is 0. The largest absolute Gasteiger partial charge is 0.356 e. The van der Waals surface area contributed by atoms with Gasteiger partial charge in [0, 0.05) is 39.3 Å². The summed E-state index contributed by atoms with van der Waals surface area (Å²) in [6.07, 6.45) is 2.43. The van der Waals surface area contributed by atoms with Crippen molar-refractivity contribution >= 4 is 29.1 Å². The van der Waals surface area contributed by atoms with E-state index in [-0.39, 0.29) is 5.91 Å². The quantitative estimate of drug-likeness (QED) is 0.600. The van der Waals surface area contributed by atoms with Gasteiger partial charge in [-0.2, -0.15) is 0 Å². The second-order valence-electron chi connectivity index (χ2n) is 7.59. The van der Waals surface area contributed by atoms with Gasteiger partial charge in [-0.25, -0.2) is 0 Å². The first-order valence-corrected chi connectivity index (χ1v) is 11.0. The summed E-state index contributed by atoms with van der Waals surface area (Å²) in [5, 5.41) is 3.99. The lowest BCUT2D eigenvalue weighted by Crippen LogP contribution is -2.46. The highest BCUT2D eigenvalue weighted by molar-refractivity contribution is 6.42. The molecule has 1 heterocycles. The van der Waals surface area contributed by atoms with Crippen LogP contribution in [0.1, 0.15) is 24.0 Å². The fraction of sp³-hybridized carbons (Fsp3) is 0.435. The molecule has 6 heteroatoms. The topological polar surface area (TPSA) is 35.6 Å². The Bertz CT molecular complexity index is 777. The Morgan fingerprint density at radius 2 is 1.59 bits per heavy atom. The van der Waals surface area contributed by atoms with Crippen molar-refractivity contribution < 1.29 is 4.79 Å². The monoisotopic (exact) mass is 433 g/mol. The summed E-state index contributed by atoms with van der Waals surface area (Å²) in [6, 6.07) is 16.0. The number of halogens is 2. The zero-order valence-electron chi connectivity index (χ0n) is 16.7. The third kappa shape index (κ3) is 7.63. The summed E-state index contributed by atoms with van der Waals surface area (Å²) in [5.41, 5.74) is 2.27. The van der Waals surface area contributed by atoms with Gasteiger partial charge in [0.05, 0.1) is 16.5 Å². The van der Waals surface area contributed by atoms with Gasteiger partial charge in [-0.1, -0.05) is 59.6 Å². The van der Waals surface area contributed by atoms with Crippen LogP contribution < -0.4 is 5.32 Å². The van der Waals surface area contributed by atoms with Gasteiger partial charge >= 0.3 is 0 Å². The summed E-state index contributed by atoms with van der Waals surface area (Å²) >= 11 is 11.9. The second-order valence-corrected chi connectivity index (χ2v) is 8.40. The van der Waals surface area contributed by atoms with Gasteiger partial charge in [-0.05, 0) is 42.6 Å². The minimum absolute atomic E-state index is 0.0258. The normalized spacial score (nSPS) is 15.4. The minimum Gasteiger partial charge on any atom is -0.356 e. The van der Waals surface area contributed by atoms with Gasteiger partial charge in [0.25, 0.3) is 0 Å². The van der Waals surface area contributed by atoms with Crippen LogP contribution in [0.5, 0.6) is 0 Å². The highest BCUT2D eigenvalue weighted by Crippen LogP contribution is 2.22. The Morgan fingerprint density at radius 3 is 2.31 bits per heavy atom. The van der Waals surface area contributed by atoms with Gasteiger partial charge in [-0.15, -0.1) is 0 Å². The number of amides is 1. The molecular weight excluding hydrogens is 405 g/mol. The van der Waals surface area contributed by atoms with Gasteiger partial charge in [0.2, 0.25) is 5.91 Å². The van der Waals surface area contributed by atoms with Crippen molar-refractivity contribution in [3.05, 3.63) is 69.7 Å². The molecular formula is C23H29Cl2N3O. The maximum atomic E-state index is 12.1. The number of piperazine rings is 1. The lowest BCUT2D eigenvalue weighted by molar-refractivity contribution is -0.120. The second kappa shape index (κ2) is 11.6. The zero-order valence-corrected chi connectivity index (χ0v) is 18.3. The van der Waals surface area contributed by atoms with E-state index in [4.69, 9.17) is 23.2 Å². The molecule has 2 aromatic rings.